The molecule has 4 nitrogen and oxygen atoms in total. The monoisotopic (exact) mass is 268 g/mol. The third-order valence-corrected chi connectivity index (χ3v) is 3.09. The Hall–Kier alpha value is -2.69. The molecule has 0 fully saturated rings. The average molecular weight is 268 g/mol. The number of halogens is 1. The van der Waals surface area contributed by atoms with Gasteiger partial charge < -0.3 is 5.73 Å². The number of para-hydroxylation sites is 1. The van der Waals surface area contributed by atoms with Crippen LogP contribution in [-0.4, -0.2) is 14.8 Å². The Morgan fingerprint density at radius 3 is 2.55 bits per heavy atom. The molecule has 100 valence electrons. The summed E-state index contributed by atoms with van der Waals surface area (Å²) in [4.78, 5) is 4.46. The van der Waals surface area contributed by atoms with Crippen LogP contribution in [0.1, 0.15) is 0 Å². The van der Waals surface area contributed by atoms with E-state index in [2.05, 4.69) is 10.1 Å². The smallest absolute Gasteiger partial charge is 0.181 e. The molecule has 3 rings (SSSR count). The number of nitrogens with two attached hydrogens (primary N) is 1. The lowest BCUT2D eigenvalue weighted by molar-refractivity contribution is 0.632. The van der Waals surface area contributed by atoms with Crippen molar-refractivity contribution < 1.29 is 4.39 Å². The van der Waals surface area contributed by atoms with E-state index in [4.69, 9.17) is 5.73 Å². The molecule has 1 heterocycles. The van der Waals surface area contributed by atoms with Gasteiger partial charge >= 0.3 is 0 Å². The fraction of sp³-hybridized carbons (Fsp3) is 0.0667. The van der Waals surface area contributed by atoms with Crippen molar-refractivity contribution in [2.45, 2.75) is 0 Å². The van der Waals surface area contributed by atoms with Gasteiger partial charge in [-0.3, -0.25) is 0 Å². The summed E-state index contributed by atoms with van der Waals surface area (Å²) in [5.74, 6) is 0.680. The number of hydrogen-bond acceptors (Lipinski definition) is 3. The second-order valence-electron chi connectivity index (χ2n) is 4.45. The van der Waals surface area contributed by atoms with Crippen molar-refractivity contribution in [3.05, 3.63) is 54.3 Å². The van der Waals surface area contributed by atoms with Crippen LogP contribution in [0.25, 0.3) is 22.8 Å². The van der Waals surface area contributed by atoms with Crippen LogP contribution < -0.4 is 5.73 Å². The summed E-state index contributed by atoms with van der Waals surface area (Å²) in [6, 6.07) is 14.3. The van der Waals surface area contributed by atoms with Gasteiger partial charge in [-0.05, 0) is 12.1 Å². The Bertz CT molecular complexity index is 750. The number of aromatic nitrogens is 3. The molecule has 0 radical (unpaired) electrons. The van der Waals surface area contributed by atoms with Crippen LogP contribution in [0.4, 0.5) is 10.1 Å². The number of hydrogen-bond donors (Lipinski definition) is 1. The van der Waals surface area contributed by atoms with Crippen molar-refractivity contribution in [1.82, 2.24) is 14.8 Å². The Morgan fingerprint density at radius 1 is 1.05 bits per heavy atom. The summed E-state index contributed by atoms with van der Waals surface area (Å²) >= 11 is 0. The van der Waals surface area contributed by atoms with Crippen molar-refractivity contribution in [3.63, 3.8) is 0 Å². The average Bonchev–Trinajstić information content (AvgIpc) is 2.85. The molecule has 20 heavy (non-hydrogen) atoms. The van der Waals surface area contributed by atoms with Gasteiger partial charge in [0.2, 0.25) is 0 Å². The maximum Gasteiger partial charge on any atom is 0.181 e. The molecule has 0 aliphatic rings. The van der Waals surface area contributed by atoms with Crippen LogP contribution in [0.5, 0.6) is 0 Å². The Morgan fingerprint density at radius 2 is 1.80 bits per heavy atom. The van der Waals surface area contributed by atoms with Gasteiger partial charge in [-0.1, -0.05) is 36.4 Å². The molecule has 0 spiro atoms. The summed E-state index contributed by atoms with van der Waals surface area (Å²) in [6.45, 7) is 0. The second-order valence-corrected chi connectivity index (χ2v) is 4.45. The third-order valence-electron chi connectivity index (χ3n) is 3.09. The highest BCUT2D eigenvalue weighted by Gasteiger charge is 2.14. The van der Waals surface area contributed by atoms with Crippen molar-refractivity contribution in [2.24, 2.45) is 7.05 Å². The lowest BCUT2D eigenvalue weighted by Gasteiger charge is -2.04. The van der Waals surface area contributed by atoms with Gasteiger partial charge in [0.05, 0.1) is 5.69 Å². The number of benzene rings is 2. The maximum absolute atomic E-state index is 13.5. The lowest BCUT2D eigenvalue weighted by atomic mass is 10.1. The van der Waals surface area contributed by atoms with E-state index in [1.54, 1.807) is 23.9 Å². The molecule has 0 aliphatic carbocycles. The van der Waals surface area contributed by atoms with E-state index in [-0.39, 0.29) is 5.69 Å². The zero-order valence-corrected chi connectivity index (χ0v) is 10.9. The van der Waals surface area contributed by atoms with Crippen LogP contribution in [0.3, 0.4) is 0 Å². The molecular weight excluding hydrogens is 255 g/mol. The minimum atomic E-state index is -0.452. The molecule has 0 atom stereocenters. The molecule has 0 amide bonds. The van der Waals surface area contributed by atoms with Crippen molar-refractivity contribution >= 4 is 5.69 Å². The summed E-state index contributed by atoms with van der Waals surface area (Å²) in [5.41, 5.74) is 7.31. The van der Waals surface area contributed by atoms with Gasteiger partial charge in [0.25, 0.3) is 0 Å². The van der Waals surface area contributed by atoms with Gasteiger partial charge in [-0.15, -0.1) is 0 Å². The summed E-state index contributed by atoms with van der Waals surface area (Å²) in [5, 5.41) is 4.36. The van der Waals surface area contributed by atoms with Gasteiger partial charge in [0.15, 0.2) is 11.6 Å². The molecule has 0 aliphatic heterocycles. The fourth-order valence-corrected chi connectivity index (χ4v) is 2.06. The molecule has 0 saturated carbocycles. The van der Waals surface area contributed by atoms with Crippen LogP contribution in [0.15, 0.2) is 48.5 Å². The van der Waals surface area contributed by atoms with Crippen molar-refractivity contribution in [3.8, 4) is 22.8 Å². The molecule has 2 aromatic carbocycles. The first kappa shape index (κ1) is 12.3. The molecule has 3 aromatic rings. The predicted octanol–water partition coefficient (Wildman–Crippen LogP) is 2.87. The zero-order chi connectivity index (χ0) is 14.1. The summed E-state index contributed by atoms with van der Waals surface area (Å²) in [6.07, 6.45) is 0. The van der Waals surface area contributed by atoms with Crippen molar-refractivity contribution in [1.29, 1.82) is 0 Å². The molecule has 2 N–H and O–H groups in total. The number of rotatable bonds is 2. The molecule has 5 heteroatoms. The van der Waals surface area contributed by atoms with Crippen LogP contribution in [-0.2, 0) is 7.05 Å². The summed E-state index contributed by atoms with van der Waals surface area (Å²) in [7, 11) is 1.76. The Balaban J connectivity index is 2.12. The minimum absolute atomic E-state index is 0.0858. The number of nitrogens with zero attached hydrogens (tertiary/aromatic N) is 3. The quantitative estimate of drug-likeness (QED) is 0.727. The Labute approximate surface area is 115 Å². The standard InChI is InChI=1S/C15H13FN4/c1-20-15(11-8-5-9-12(16)13(11)17)18-14(19-20)10-6-3-2-4-7-10/h2-9H,17H2,1H3. The molecule has 0 unspecified atom stereocenters. The fourth-order valence-electron chi connectivity index (χ4n) is 2.06. The van der Waals surface area contributed by atoms with E-state index in [1.807, 2.05) is 30.3 Å². The molecule has 1 aromatic heterocycles. The van der Waals surface area contributed by atoms with Gasteiger partial charge in [-0.2, -0.15) is 5.10 Å². The number of anilines is 1. The number of nitrogen functional groups attached to an aromatic ring is 1. The molecular formula is C15H13FN4. The third kappa shape index (κ3) is 2.03. The van der Waals surface area contributed by atoms with E-state index in [0.29, 0.717) is 17.2 Å². The first-order valence-corrected chi connectivity index (χ1v) is 6.17. The van der Waals surface area contributed by atoms with Crippen molar-refractivity contribution in [2.75, 3.05) is 5.73 Å². The Kier molecular flexibility index (Phi) is 2.95. The van der Waals surface area contributed by atoms with Crippen LogP contribution >= 0.6 is 0 Å². The zero-order valence-electron chi connectivity index (χ0n) is 10.9. The predicted molar refractivity (Wildman–Crippen MR) is 76.2 cm³/mol. The second kappa shape index (κ2) is 4.77. The highest BCUT2D eigenvalue weighted by Crippen LogP contribution is 2.27. The van der Waals surface area contributed by atoms with E-state index in [1.165, 1.54) is 6.07 Å². The van der Waals surface area contributed by atoms with E-state index in [0.717, 1.165) is 5.56 Å². The number of aryl methyl sites for hydroxylation is 1. The highest BCUT2D eigenvalue weighted by atomic mass is 19.1. The SMILES string of the molecule is Cn1nc(-c2ccccc2)nc1-c1cccc(F)c1N. The van der Waals surface area contributed by atoms with Crippen LogP contribution in [0.2, 0.25) is 0 Å². The molecule has 0 bridgehead atoms. The topological polar surface area (TPSA) is 56.7 Å². The van der Waals surface area contributed by atoms with E-state index >= 15 is 0 Å². The normalized spacial score (nSPS) is 10.7. The summed E-state index contributed by atoms with van der Waals surface area (Å²) < 4.78 is 15.1. The first-order chi connectivity index (χ1) is 9.66. The first-order valence-electron chi connectivity index (χ1n) is 6.17. The maximum atomic E-state index is 13.5. The van der Waals surface area contributed by atoms with Gasteiger partial charge in [0.1, 0.15) is 5.82 Å². The largest absolute Gasteiger partial charge is 0.396 e. The minimum Gasteiger partial charge on any atom is -0.396 e. The van der Waals surface area contributed by atoms with Gasteiger partial charge in [0, 0.05) is 18.2 Å². The molecule has 0 saturated heterocycles. The lowest BCUT2D eigenvalue weighted by Crippen LogP contribution is -1.99. The van der Waals surface area contributed by atoms with E-state index in [9.17, 15) is 4.39 Å². The van der Waals surface area contributed by atoms with E-state index < -0.39 is 5.82 Å². The van der Waals surface area contributed by atoms with Crippen LogP contribution in [0, 0.1) is 5.82 Å². The highest BCUT2D eigenvalue weighted by molar-refractivity contribution is 5.73. The van der Waals surface area contributed by atoms with Gasteiger partial charge in [-0.25, -0.2) is 14.1 Å².